The van der Waals surface area contributed by atoms with Gasteiger partial charge in [0.2, 0.25) is 0 Å². The van der Waals surface area contributed by atoms with Crippen molar-refractivity contribution in [1.29, 1.82) is 0 Å². The third kappa shape index (κ3) is 4.93. The van der Waals surface area contributed by atoms with E-state index in [2.05, 4.69) is 57.0 Å². The summed E-state index contributed by atoms with van der Waals surface area (Å²) in [6, 6.07) is 10.4. The Hall–Kier alpha value is -1.52. The van der Waals surface area contributed by atoms with E-state index in [1.807, 2.05) is 6.07 Å². The zero-order valence-corrected chi connectivity index (χ0v) is 12.1. The first kappa shape index (κ1) is 15.5. The molecule has 1 N–H and O–H groups in total. The van der Waals surface area contributed by atoms with Crippen LogP contribution in [-0.2, 0) is 6.42 Å². The molecule has 1 aromatic rings. The largest absolute Gasteiger partial charge is 0.380 e. The maximum atomic E-state index is 9.90. The molecule has 0 bridgehead atoms. The summed E-state index contributed by atoms with van der Waals surface area (Å²) in [7, 11) is 0. The molecule has 1 heteroatoms. The number of allylic oxidation sites excluding steroid dienone is 1. The molecule has 0 radical (unpaired) electrons. The minimum atomic E-state index is -0.687. The normalized spacial score (nSPS) is 15.1. The third-order valence-electron chi connectivity index (χ3n) is 3.50. The van der Waals surface area contributed by atoms with Crippen molar-refractivity contribution in [3.05, 3.63) is 47.5 Å². The lowest BCUT2D eigenvalue weighted by molar-refractivity contribution is 0.152. The van der Waals surface area contributed by atoms with Crippen LogP contribution in [0.2, 0.25) is 0 Å². The second-order valence-corrected chi connectivity index (χ2v) is 5.35. The van der Waals surface area contributed by atoms with Crippen LogP contribution in [0, 0.1) is 24.2 Å². The number of aliphatic hydroxyl groups excluding tert-OH is 1. The van der Waals surface area contributed by atoms with Gasteiger partial charge in [-0.3, -0.25) is 0 Å². The molecule has 0 fully saturated rings. The zero-order chi connectivity index (χ0) is 14.3. The van der Waals surface area contributed by atoms with E-state index in [1.165, 1.54) is 11.1 Å². The van der Waals surface area contributed by atoms with Crippen LogP contribution in [0.3, 0.4) is 0 Å². The van der Waals surface area contributed by atoms with E-state index in [0.717, 1.165) is 12.8 Å². The monoisotopic (exact) mass is 256 g/mol. The summed E-state index contributed by atoms with van der Waals surface area (Å²) in [5.41, 5.74) is 2.53. The maximum absolute atomic E-state index is 9.90. The van der Waals surface area contributed by atoms with Gasteiger partial charge in [-0.25, -0.2) is 0 Å². The van der Waals surface area contributed by atoms with Crippen LogP contribution in [0.1, 0.15) is 32.8 Å². The fourth-order valence-corrected chi connectivity index (χ4v) is 2.49. The number of aryl methyl sites for hydroxylation is 1. The van der Waals surface area contributed by atoms with Crippen LogP contribution in [0.25, 0.3) is 0 Å². The number of aliphatic hydroxyl groups is 1. The molecule has 19 heavy (non-hydrogen) atoms. The molecule has 1 nitrogen and oxygen atoms in total. The summed E-state index contributed by atoms with van der Waals surface area (Å²) in [6.07, 6.45) is 8.87. The fraction of sp³-hybridized carbons (Fsp3) is 0.444. The van der Waals surface area contributed by atoms with Crippen LogP contribution in [0.5, 0.6) is 0 Å². The third-order valence-corrected chi connectivity index (χ3v) is 3.50. The van der Waals surface area contributed by atoms with Gasteiger partial charge in [0.15, 0.2) is 0 Å². The van der Waals surface area contributed by atoms with Gasteiger partial charge in [-0.15, -0.1) is 6.42 Å². The van der Waals surface area contributed by atoms with Crippen LogP contribution in [0.4, 0.5) is 0 Å². The van der Waals surface area contributed by atoms with E-state index in [-0.39, 0.29) is 5.92 Å². The molecule has 0 spiro atoms. The van der Waals surface area contributed by atoms with Crippen molar-refractivity contribution < 1.29 is 5.11 Å². The van der Waals surface area contributed by atoms with Gasteiger partial charge in [0, 0.05) is 5.92 Å². The molecule has 102 valence electrons. The van der Waals surface area contributed by atoms with Gasteiger partial charge in [-0.05, 0) is 31.2 Å². The van der Waals surface area contributed by atoms with E-state index in [0.29, 0.717) is 5.92 Å². The first-order chi connectivity index (χ1) is 9.06. The van der Waals surface area contributed by atoms with E-state index in [4.69, 9.17) is 6.42 Å². The van der Waals surface area contributed by atoms with Gasteiger partial charge >= 0.3 is 0 Å². The second kappa shape index (κ2) is 7.81. The van der Waals surface area contributed by atoms with Crippen molar-refractivity contribution in [3.63, 3.8) is 0 Å². The molecular formula is C18H24O. The maximum Gasteiger partial charge on any atom is 0.121 e. The summed E-state index contributed by atoms with van der Waals surface area (Å²) in [5.74, 6) is 2.85. The number of terminal acetylenes is 1. The highest BCUT2D eigenvalue weighted by Crippen LogP contribution is 2.24. The molecule has 1 rings (SSSR count). The minimum Gasteiger partial charge on any atom is -0.380 e. The average Bonchev–Trinajstić information content (AvgIpc) is 2.39. The Balaban J connectivity index is 2.62. The topological polar surface area (TPSA) is 20.2 Å². The highest BCUT2D eigenvalue weighted by Gasteiger charge is 2.22. The molecule has 0 aliphatic rings. The van der Waals surface area contributed by atoms with E-state index in [9.17, 15) is 5.11 Å². The molecule has 0 saturated heterocycles. The molecule has 0 aromatic heterocycles. The lowest BCUT2D eigenvalue weighted by Crippen LogP contribution is -2.24. The van der Waals surface area contributed by atoms with Crippen LogP contribution in [-0.4, -0.2) is 11.2 Å². The van der Waals surface area contributed by atoms with Crippen molar-refractivity contribution in [2.75, 3.05) is 0 Å². The first-order valence-electron chi connectivity index (χ1n) is 6.91. The van der Waals surface area contributed by atoms with Crippen LogP contribution < -0.4 is 0 Å². The second-order valence-electron chi connectivity index (χ2n) is 5.35. The molecule has 0 heterocycles. The highest BCUT2D eigenvalue weighted by molar-refractivity contribution is 5.17. The molecular weight excluding hydrogens is 232 g/mol. The van der Waals surface area contributed by atoms with Crippen LogP contribution in [0.15, 0.2) is 42.0 Å². The predicted octanol–water partition coefficient (Wildman–Crippen LogP) is 3.83. The van der Waals surface area contributed by atoms with Crippen molar-refractivity contribution in [1.82, 2.24) is 0 Å². The van der Waals surface area contributed by atoms with Gasteiger partial charge in [-0.2, -0.15) is 0 Å². The smallest absolute Gasteiger partial charge is 0.121 e. The quantitative estimate of drug-likeness (QED) is 0.606. The SMILES string of the molecule is C#C[C@@H](O)[C@@H](/C(C)=C/CCc1ccccc1)C(C)C. The Bertz CT molecular complexity index is 437. The summed E-state index contributed by atoms with van der Waals surface area (Å²) in [5, 5.41) is 9.90. The van der Waals surface area contributed by atoms with Gasteiger partial charge in [0.1, 0.15) is 6.10 Å². The molecule has 2 atom stereocenters. The number of hydrogen-bond donors (Lipinski definition) is 1. The van der Waals surface area contributed by atoms with Gasteiger partial charge in [-0.1, -0.05) is 61.7 Å². The van der Waals surface area contributed by atoms with Crippen molar-refractivity contribution in [2.45, 2.75) is 39.7 Å². The molecule has 0 saturated carbocycles. The van der Waals surface area contributed by atoms with E-state index < -0.39 is 6.10 Å². The van der Waals surface area contributed by atoms with E-state index >= 15 is 0 Å². The van der Waals surface area contributed by atoms with Crippen molar-refractivity contribution in [3.8, 4) is 12.3 Å². The zero-order valence-electron chi connectivity index (χ0n) is 12.1. The lowest BCUT2D eigenvalue weighted by atomic mass is 9.84. The number of benzene rings is 1. The minimum absolute atomic E-state index is 0.0563. The molecule has 0 aliphatic heterocycles. The standard InChI is InChI=1S/C18H24O/c1-5-17(19)18(14(2)3)15(4)10-9-13-16-11-7-6-8-12-16/h1,6-8,10-12,14,17-19H,9,13H2,2-4H3/b15-10+/t17-,18-/m1/s1. The van der Waals surface area contributed by atoms with Gasteiger partial charge < -0.3 is 5.11 Å². The lowest BCUT2D eigenvalue weighted by Gasteiger charge is -2.24. The highest BCUT2D eigenvalue weighted by atomic mass is 16.3. The summed E-state index contributed by atoms with van der Waals surface area (Å²) in [6.45, 7) is 6.26. The molecule has 0 aliphatic carbocycles. The Morgan fingerprint density at radius 3 is 2.47 bits per heavy atom. The van der Waals surface area contributed by atoms with Crippen LogP contribution >= 0.6 is 0 Å². The van der Waals surface area contributed by atoms with E-state index in [1.54, 1.807) is 0 Å². The summed E-state index contributed by atoms with van der Waals surface area (Å²) in [4.78, 5) is 0. The van der Waals surface area contributed by atoms with Gasteiger partial charge in [0.25, 0.3) is 0 Å². The number of rotatable bonds is 6. The van der Waals surface area contributed by atoms with Gasteiger partial charge in [0.05, 0.1) is 0 Å². The molecule has 0 amide bonds. The Morgan fingerprint density at radius 1 is 1.32 bits per heavy atom. The summed E-state index contributed by atoms with van der Waals surface area (Å²) < 4.78 is 0. The fourth-order valence-electron chi connectivity index (χ4n) is 2.49. The Kier molecular flexibility index (Phi) is 6.39. The Morgan fingerprint density at radius 2 is 1.95 bits per heavy atom. The molecule has 1 aromatic carbocycles. The van der Waals surface area contributed by atoms with Crippen molar-refractivity contribution in [2.24, 2.45) is 11.8 Å². The average molecular weight is 256 g/mol. The summed E-state index contributed by atoms with van der Waals surface area (Å²) >= 11 is 0. The Labute approximate surface area is 117 Å². The predicted molar refractivity (Wildman–Crippen MR) is 81.7 cm³/mol. The molecule has 0 unspecified atom stereocenters. The first-order valence-corrected chi connectivity index (χ1v) is 6.91. The van der Waals surface area contributed by atoms with Crippen molar-refractivity contribution >= 4 is 0 Å². The number of hydrogen-bond acceptors (Lipinski definition) is 1.